The number of hydrogen-bond donors (Lipinski definition) is 16. The Hall–Kier alpha value is -5.70. The highest BCUT2D eigenvalue weighted by Gasteiger charge is 2.48. The Morgan fingerprint density at radius 3 is 1.45 bits per heavy atom. The zero-order chi connectivity index (χ0) is 55.4. The van der Waals surface area contributed by atoms with E-state index in [1.54, 1.807) is 28.1 Å². The summed E-state index contributed by atoms with van der Waals surface area (Å²) in [6.07, 6.45) is -2.83. The molecule has 0 radical (unpaired) electrons. The molecule has 0 spiro atoms. The molecule has 428 valence electrons. The fourth-order valence-electron chi connectivity index (χ4n) is 9.54. The molecule has 12 rings (SSSR count). The average Bonchev–Trinajstić information content (AvgIpc) is 4.36. The van der Waals surface area contributed by atoms with E-state index >= 15 is 0 Å². The number of aliphatic hydroxyl groups excluding tert-OH is 12. The Labute approximate surface area is 446 Å². The highest BCUT2D eigenvalue weighted by molar-refractivity contribution is 6.21. The first-order valence-electron chi connectivity index (χ1n) is 24.7. The van der Waals surface area contributed by atoms with Crippen molar-refractivity contribution in [2.45, 2.75) is 123 Å². The van der Waals surface area contributed by atoms with Gasteiger partial charge in [-0.25, -0.2) is 24.3 Å². The monoisotopic (exact) mass is 1120 g/mol. The lowest BCUT2D eigenvalue weighted by atomic mass is 10.1. The number of anilines is 4. The van der Waals surface area contributed by atoms with Crippen LogP contribution in [0, 0.1) is 0 Å². The third-order valence-corrected chi connectivity index (χ3v) is 14.2. The largest absolute Gasteiger partial charge is 0.394 e. The molecule has 34 heteroatoms. The molecule has 8 aliphatic heterocycles. The molecule has 4 fully saturated rings. The van der Waals surface area contributed by atoms with Crippen LogP contribution in [-0.2, 0) is 25.4 Å². The van der Waals surface area contributed by atoms with Gasteiger partial charge in [0.25, 0.3) is 0 Å². The Balaban J connectivity index is 0.000000126. The molecule has 32 nitrogen and oxygen atoms in total. The van der Waals surface area contributed by atoms with Gasteiger partial charge in [0, 0.05) is 19.4 Å². The molecule has 0 saturated carbocycles. The van der Waals surface area contributed by atoms with Gasteiger partial charge >= 0.3 is 0 Å². The minimum absolute atomic E-state index is 0.156. The summed E-state index contributed by atoms with van der Waals surface area (Å²) in [7, 11) is 0. The number of aromatic nitrogens is 8. The van der Waals surface area contributed by atoms with Gasteiger partial charge in [-0.15, -0.1) is 11.6 Å². The van der Waals surface area contributed by atoms with Gasteiger partial charge in [-0.2, -0.15) is 0 Å². The number of halogens is 2. The van der Waals surface area contributed by atoms with Gasteiger partial charge < -0.3 is 101 Å². The fraction of sp³-hybridized carbons (Fsp3) is 0.636. The van der Waals surface area contributed by atoms with Crippen molar-refractivity contribution in [1.82, 2.24) is 38.2 Å². The molecule has 8 aliphatic rings. The summed E-state index contributed by atoms with van der Waals surface area (Å²) in [5, 5.41) is 126. The molecule has 78 heavy (non-hydrogen) atoms. The summed E-state index contributed by atoms with van der Waals surface area (Å²) in [6, 6.07) is 0. The summed E-state index contributed by atoms with van der Waals surface area (Å²) in [6.45, 7) is -0.107. The van der Waals surface area contributed by atoms with Crippen LogP contribution in [0.1, 0.15) is 72.4 Å². The van der Waals surface area contributed by atoms with Crippen molar-refractivity contribution in [3.05, 3.63) is 48.1 Å². The fourth-order valence-corrected chi connectivity index (χ4v) is 9.88. The number of aliphatic hydroxyl groups is 12. The maximum Gasteiger partial charge on any atom is 0.173 e. The molecule has 0 bridgehead atoms. The second-order valence-corrected chi connectivity index (χ2v) is 19.2. The molecule has 0 aliphatic carbocycles. The molecule has 0 amide bonds. The van der Waals surface area contributed by atoms with Crippen molar-refractivity contribution < 1.29 is 84.6 Å². The van der Waals surface area contributed by atoms with Gasteiger partial charge in [-0.3, -0.25) is 38.2 Å². The molecule has 18 atom stereocenters. The van der Waals surface area contributed by atoms with Gasteiger partial charge in [0.15, 0.2) is 24.9 Å². The number of nitrogens with zero attached hydrogens (tertiary/aromatic N) is 12. The minimum Gasteiger partial charge on any atom is -0.394 e. The second-order valence-electron chi connectivity index (χ2n) is 18.7. The standard InChI is InChI=1S/C11H15ClN4O3.C11H15FN4O4.C11H16N4O5.C11H16N4O4/c12-8-9(18)7(3-17)19-11(8)16-5-15-6-1-2-13-4-14-10(6)16;12-7-9(19)6(2-17)20-11(7)16-4-15-8-5(18)1-13-3-14-10(8)16;16-2-6-8(18)9(19)11(20-6)15-4-14-7-5(17)1-12-3-13-10(7)15;16-3-8-6(17)1-9(19-8)15-5-14-10-7(18)2-12-4-13-11(10)15/h4-5,7-9,11,17-18H,1-3H2,(H,13,14);3-7,9,11,17-19H,1-2H2,(H,13,14);3-6,8-9,11,16-19H,1-2H2,(H,12,13);4-9,16-18H,1-3H2,(H,12,13)/t7-,8?,9+,11-;5?,6-,7?,9+,11-;5?,6-,8+,9?,11-;6-,7?,8-,9-/m1111/s1. The van der Waals surface area contributed by atoms with E-state index in [9.17, 15) is 45.2 Å². The first-order valence-corrected chi connectivity index (χ1v) is 25.2. The third kappa shape index (κ3) is 11.5. The number of nitrogens with one attached hydrogen (secondary N) is 4. The highest BCUT2D eigenvalue weighted by atomic mass is 35.5. The van der Waals surface area contributed by atoms with E-state index in [0.29, 0.717) is 47.5 Å². The van der Waals surface area contributed by atoms with Gasteiger partial charge in [0.2, 0.25) is 0 Å². The summed E-state index contributed by atoms with van der Waals surface area (Å²) in [5.74, 6) is 2.16. The van der Waals surface area contributed by atoms with Crippen molar-refractivity contribution in [1.29, 1.82) is 0 Å². The van der Waals surface area contributed by atoms with E-state index in [1.807, 2.05) is 0 Å². The molecule has 16 N–H and O–H groups in total. The van der Waals surface area contributed by atoms with Crippen molar-refractivity contribution in [3.8, 4) is 0 Å². The van der Waals surface area contributed by atoms with Gasteiger partial charge in [0.1, 0.15) is 119 Å². The van der Waals surface area contributed by atoms with E-state index < -0.39 is 123 Å². The number of rotatable bonds is 8. The summed E-state index contributed by atoms with van der Waals surface area (Å²) in [5.41, 5.74) is 2.11. The zero-order valence-corrected chi connectivity index (χ0v) is 42.0. The molecular formula is C44H62ClFN16O16. The van der Waals surface area contributed by atoms with Crippen molar-refractivity contribution in [2.24, 2.45) is 20.0 Å². The molecular weight excluding hydrogens is 1060 g/mol. The predicted molar refractivity (Wildman–Crippen MR) is 269 cm³/mol. The first kappa shape index (κ1) is 57.0. The number of ether oxygens (including phenoxy) is 4. The Bertz CT molecular complexity index is 2660. The van der Waals surface area contributed by atoms with Gasteiger partial charge in [-0.1, -0.05) is 0 Å². The zero-order valence-electron chi connectivity index (χ0n) is 41.2. The Morgan fingerprint density at radius 2 is 0.936 bits per heavy atom. The lowest BCUT2D eigenvalue weighted by molar-refractivity contribution is -0.0518. The SMILES string of the molecule is OC[C@H]1O[C@@H](n2cnc3c2NC=NCC3)C(Cl)[C@H]1O.OC[C@H]1O[C@@H](n2cnc3c2NC=NCC3O)C(F)[C@H]1O.OC[C@H]1O[C@@H](n2cnc3c2NC=NCC3O)C(O)[C@H]1O.OC[C@H]1O[C@@H](n2cnc3c2NC=NCC3O)C[C@H]1O. The third-order valence-electron chi connectivity index (χ3n) is 13.7. The normalized spacial score (nSPS) is 35.2. The lowest BCUT2D eigenvalue weighted by Gasteiger charge is -2.19. The van der Waals surface area contributed by atoms with Gasteiger partial charge in [0.05, 0.1) is 109 Å². The molecule has 4 aromatic rings. The van der Waals surface area contributed by atoms with Crippen LogP contribution in [0.15, 0.2) is 45.3 Å². The number of hydrogen-bond acceptors (Lipinski definition) is 28. The lowest BCUT2D eigenvalue weighted by Crippen LogP contribution is -2.33. The van der Waals surface area contributed by atoms with Crippen molar-refractivity contribution >= 4 is 60.2 Å². The van der Waals surface area contributed by atoms with Crippen molar-refractivity contribution in [2.75, 3.05) is 73.9 Å². The number of aliphatic imine (C=N–C) groups is 4. The second kappa shape index (κ2) is 25.2. The van der Waals surface area contributed by atoms with Crippen LogP contribution < -0.4 is 21.3 Å². The van der Waals surface area contributed by atoms with Crippen LogP contribution in [0.25, 0.3) is 0 Å². The van der Waals surface area contributed by atoms with E-state index in [0.717, 1.165) is 17.9 Å². The minimum atomic E-state index is -1.70. The quantitative estimate of drug-likeness (QED) is 0.0742. The molecule has 6 unspecified atom stereocenters. The van der Waals surface area contributed by atoms with Crippen LogP contribution in [0.3, 0.4) is 0 Å². The maximum atomic E-state index is 14.1. The number of alkyl halides is 2. The molecule has 0 aromatic carbocycles. The van der Waals surface area contributed by atoms with E-state index in [-0.39, 0.29) is 32.8 Å². The van der Waals surface area contributed by atoms with Crippen LogP contribution in [0.5, 0.6) is 0 Å². The topological polar surface area (TPSA) is 449 Å². The molecule has 4 aromatic heterocycles. The van der Waals surface area contributed by atoms with Crippen LogP contribution in [0.4, 0.5) is 27.7 Å². The smallest absolute Gasteiger partial charge is 0.173 e. The van der Waals surface area contributed by atoms with Gasteiger partial charge in [-0.05, 0) is 0 Å². The van der Waals surface area contributed by atoms with Crippen molar-refractivity contribution in [3.63, 3.8) is 0 Å². The Morgan fingerprint density at radius 1 is 0.500 bits per heavy atom. The summed E-state index contributed by atoms with van der Waals surface area (Å²) < 4.78 is 42.2. The average molecular weight is 1130 g/mol. The first-order chi connectivity index (χ1) is 37.7. The van der Waals surface area contributed by atoms with E-state index in [4.69, 9.17) is 51.0 Å². The maximum absolute atomic E-state index is 14.1. The van der Waals surface area contributed by atoms with E-state index in [1.165, 1.54) is 40.8 Å². The number of imidazole rings is 4. The predicted octanol–water partition coefficient (Wildman–Crippen LogP) is -4.31. The van der Waals surface area contributed by atoms with Crippen LogP contribution in [0.2, 0.25) is 0 Å². The Kier molecular flexibility index (Phi) is 18.4. The number of fused-ring (bicyclic) bond motifs is 4. The van der Waals surface area contributed by atoms with Crippen LogP contribution in [-0.4, -0.2) is 244 Å². The summed E-state index contributed by atoms with van der Waals surface area (Å²) in [4.78, 5) is 32.6. The molecule has 12 heterocycles. The highest BCUT2D eigenvalue weighted by Crippen LogP contribution is 2.39. The summed E-state index contributed by atoms with van der Waals surface area (Å²) >= 11 is 6.18. The molecule has 4 saturated heterocycles. The van der Waals surface area contributed by atoms with E-state index in [2.05, 4.69) is 61.2 Å². The van der Waals surface area contributed by atoms with Crippen LogP contribution >= 0.6 is 11.6 Å².